The molecule has 118 valence electrons. The largest absolute Gasteiger partial charge is 0.353 e. The number of nitrogens with one attached hydrogen (secondary N) is 1. The molecule has 1 fully saturated rings. The van der Waals surface area contributed by atoms with Gasteiger partial charge in [0.05, 0.1) is 0 Å². The average Bonchev–Trinajstić information content (AvgIpc) is 2.46. The summed E-state index contributed by atoms with van der Waals surface area (Å²) < 4.78 is 0. The second-order valence-corrected chi connectivity index (χ2v) is 7.19. The van der Waals surface area contributed by atoms with Gasteiger partial charge in [-0.2, -0.15) is 11.8 Å². The third-order valence-corrected chi connectivity index (χ3v) is 5.56. The molecule has 1 unspecified atom stereocenters. The van der Waals surface area contributed by atoms with Crippen LogP contribution in [0.25, 0.3) is 0 Å². The van der Waals surface area contributed by atoms with Crippen molar-refractivity contribution in [2.75, 3.05) is 12.8 Å². The van der Waals surface area contributed by atoms with Crippen LogP contribution in [0.2, 0.25) is 0 Å². The zero-order valence-corrected chi connectivity index (χ0v) is 14.0. The first-order chi connectivity index (χ1) is 9.69. The fraction of sp³-hybridized carbons (Fsp3) is 0.938. The van der Waals surface area contributed by atoms with Crippen molar-refractivity contribution in [1.82, 2.24) is 5.32 Å². The molecule has 1 saturated carbocycles. The van der Waals surface area contributed by atoms with Gasteiger partial charge in [0.2, 0.25) is 5.91 Å². The molecule has 4 heteroatoms. The molecule has 0 aromatic rings. The normalized spacial score (nSPS) is 24.4. The average molecular weight is 301 g/mol. The Kier molecular flexibility index (Phi) is 9.36. The first-order valence-corrected chi connectivity index (χ1v) is 9.50. The number of rotatable bonds is 9. The molecule has 0 spiro atoms. The van der Waals surface area contributed by atoms with Gasteiger partial charge in [-0.1, -0.05) is 19.8 Å². The van der Waals surface area contributed by atoms with Gasteiger partial charge < -0.3 is 11.1 Å². The fourth-order valence-electron chi connectivity index (χ4n) is 3.15. The second kappa shape index (κ2) is 10.5. The maximum absolute atomic E-state index is 12.0. The van der Waals surface area contributed by atoms with Crippen LogP contribution in [0.1, 0.15) is 64.7 Å². The lowest BCUT2D eigenvalue weighted by Gasteiger charge is -2.28. The number of hydrogen-bond donors (Lipinski definition) is 2. The summed E-state index contributed by atoms with van der Waals surface area (Å²) in [4.78, 5) is 12.0. The highest BCUT2D eigenvalue weighted by Gasteiger charge is 2.21. The van der Waals surface area contributed by atoms with Crippen molar-refractivity contribution >= 4 is 17.7 Å². The van der Waals surface area contributed by atoms with Crippen molar-refractivity contribution in [3.05, 3.63) is 0 Å². The van der Waals surface area contributed by atoms with E-state index in [9.17, 15) is 4.79 Å². The van der Waals surface area contributed by atoms with Crippen molar-refractivity contribution in [2.45, 2.75) is 76.0 Å². The number of carbonyl (C=O) groups excluding carboxylic acids is 1. The minimum atomic E-state index is 0.246. The minimum Gasteiger partial charge on any atom is -0.353 e. The molecule has 20 heavy (non-hydrogen) atoms. The molecule has 3 N–H and O–H groups in total. The number of amides is 1. The van der Waals surface area contributed by atoms with Crippen LogP contribution in [0.5, 0.6) is 0 Å². The molecule has 1 aliphatic carbocycles. The molecule has 1 rings (SSSR count). The van der Waals surface area contributed by atoms with Crippen LogP contribution >= 0.6 is 11.8 Å². The van der Waals surface area contributed by atoms with E-state index in [4.69, 9.17) is 5.73 Å². The van der Waals surface area contributed by atoms with E-state index in [-0.39, 0.29) is 5.91 Å². The fourth-order valence-corrected chi connectivity index (χ4v) is 3.90. The highest BCUT2D eigenvalue weighted by atomic mass is 32.2. The first-order valence-electron chi connectivity index (χ1n) is 8.21. The third-order valence-electron chi connectivity index (χ3n) is 4.42. The van der Waals surface area contributed by atoms with E-state index in [1.807, 2.05) is 11.8 Å². The molecular weight excluding hydrogens is 268 g/mol. The van der Waals surface area contributed by atoms with Gasteiger partial charge in [0.1, 0.15) is 0 Å². The maximum atomic E-state index is 12.0. The van der Waals surface area contributed by atoms with E-state index in [0.717, 1.165) is 37.5 Å². The summed E-state index contributed by atoms with van der Waals surface area (Å²) in [7, 11) is 0. The van der Waals surface area contributed by atoms with E-state index in [2.05, 4.69) is 18.5 Å². The first kappa shape index (κ1) is 17.8. The molecular formula is C16H32N2OS. The highest BCUT2D eigenvalue weighted by molar-refractivity contribution is 7.99. The van der Waals surface area contributed by atoms with Gasteiger partial charge in [0, 0.05) is 17.7 Å². The van der Waals surface area contributed by atoms with Crippen LogP contribution in [0, 0.1) is 5.92 Å². The topological polar surface area (TPSA) is 55.1 Å². The van der Waals surface area contributed by atoms with E-state index in [1.165, 1.54) is 25.7 Å². The molecule has 0 radical (unpaired) electrons. The Labute approximate surface area is 128 Å². The molecule has 0 bridgehead atoms. The Morgan fingerprint density at radius 3 is 2.50 bits per heavy atom. The zero-order chi connectivity index (χ0) is 14.8. The van der Waals surface area contributed by atoms with Gasteiger partial charge in [-0.05, 0) is 57.2 Å². The Balaban J connectivity index is 2.19. The molecule has 0 heterocycles. The van der Waals surface area contributed by atoms with Gasteiger partial charge in [-0.25, -0.2) is 0 Å². The summed E-state index contributed by atoms with van der Waals surface area (Å²) in [5.41, 5.74) is 5.64. The lowest BCUT2D eigenvalue weighted by molar-refractivity contribution is -0.122. The van der Waals surface area contributed by atoms with Gasteiger partial charge in [-0.15, -0.1) is 0 Å². The van der Waals surface area contributed by atoms with Crippen molar-refractivity contribution < 1.29 is 4.79 Å². The highest BCUT2D eigenvalue weighted by Crippen LogP contribution is 2.27. The summed E-state index contributed by atoms with van der Waals surface area (Å²) in [6.07, 6.45) is 12.1. The van der Waals surface area contributed by atoms with E-state index in [0.29, 0.717) is 18.4 Å². The number of carbonyl (C=O) groups is 1. The van der Waals surface area contributed by atoms with Gasteiger partial charge >= 0.3 is 0 Å². The summed E-state index contributed by atoms with van der Waals surface area (Å²) in [6.45, 7) is 2.94. The standard InChI is InChI=1S/C16H32N2OS/c1-3-4-13(11-12-17)5-10-16(19)18-14-6-8-15(20-2)9-7-14/h13-15H,3-12,17H2,1-2H3,(H,18,19). The third kappa shape index (κ3) is 6.98. The molecule has 0 saturated heterocycles. The summed E-state index contributed by atoms with van der Waals surface area (Å²) in [5, 5.41) is 4.03. The second-order valence-electron chi connectivity index (χ2n) is 6.05. The smallest absolute Gasteiger partial charge is 0.220 e. The lowest BCUT2D eigenvalue weighted by Crippen LogP contribution is -2.38. The molecule has 3 nitrogen and oxygen atoms in total. The van der Waals surface area contributed by atoms with Crippen molar-refractivity contribution in [3.63, 3.8) is 0 Å². The predicted octanol–water partition coefficient (Wildman–Crippen LogP) is 3.32. The van der Waals surface area contributed by atoms with Crippen molar-refractivity contribution in [3.8, 4) is 0 Å². The molecule has 0 aromatic carbocycles. The molecule has 1 aliphatic rings. The Morgan fingerprint density at radius 2 is 1.95 bits per heavy atom. The van der Waals surface area contributed by atoms with Gasteiger partial charge in [-0.3, -0.25) is 4.79 Å². The molecule has 1 amide bonds. The number of thioether (sulfide) groups is 1. The summed E-state index contributed by atoms with van der Waals surface area (Å²) in [5.74, 6) is 0.874. The SMILES string of the molecule is CCCC(CCN)CCC(=O)NC1CCC(SC)CC1. The van der Waals surface area contributed by atoms with E-state index in [1.54, 1.807) is 0 Å². The Hall–Kier alpha value is -0.220. The molecule has 0 aliphatic heterocycles. The van der Waals surface area contributed by atoms with Crippen molar-refractivity contribution in [2.24, 2.45) is 11.7 Å². The number of nitrogens with two attached hydrogens (primary N) is 1. The lowest BCUT2D eigenvalue weighted by atomic mass is 9.93. The minimum absolute atomic E-state index is 0.246. The van der Waals surface area contributed by atoms with Gasteiger partial charge in [0.25, 0.3) is 0 Å². The van der Waals surface area contributed by atoms with Crippen LogP contribution in [0.4, 0.5) is 0 Å². The quantitative estimate of drug-likeness (QED) is 0.687. The summed E-state index contributed by atoms with van der Waals surface area (Å²) >= 11 is 1.97. The van der Waals surface area contributed by atoms with E-state index >= 15 is 0 Å². The molecule has 1 atom stereocenters. The van der Waals surface area contributed by atoms with Crippen LogP contribution in [0.3, 0.4) is 0 Å². The Bertz CT molecular complexity index is 259. The van der Waals surface area contributed by atoms with Crippen LogP contribution < -0.4 is 11.1 Å². The van der Waals surface area contributed by atoms with Crippen LogP contribution in [-0.2, 0) is 4.79 Å². The van der Waals surface area contributed by atoms with E-state index < -0.39 is 0 Å². The van der Waals surface area contributed by atoms with Crippen LogP contribution in [0.15, 0.2) is 0 Å². The number of hydrogen-bond acceptors (Lipinski definition) is 3. The summed E-state index contributed by atoms with van der Waals surface area (Å²) in [6, 6.07) is 0.421. The predicted molar refractivity (Wildman–Crippen MR) is 89.0 cm³/mol. The maximum Gasteiger partial charge on any atom is 0.220 e. The van der Waals surface area contributed by atoms with Gasteiger partial charge in [0.15, 0.2) is 0 Å². The zero-order valence-electron chi connectivity index (χ0n) is 13.2. The monoisotopic (exact) mass is 300 g/mol. The molecule has 0 aromatic heterocycles. The Morgan fingerprint density at radius 1 is 1.25 bits per heavy atom. The van der Waals surface area contributed by atoms with Crippen LogP contribution in [-0.4, -0.2) is 30.0 Å². The van der Waals surface area contributed by atoms with Crippen molar-refractivity contribution in [1.29, 1.82) is 0 Å².